The van der Waals surface area contributed by atoms with Crippen molar-refractivity contribution in [3.05, 3.63) is 48.5 Å². The van der Waals surface area contributed by atoms with Crippen LogP contribution >= 0.6 is 0 Å². The molecular formula is C14H17O3S-. The summed E-state index contributed by atoms with van der Waals surface area (Å²) in [6, 6.07) is 16.7. The van der Waals surface area contributed by atoms with Crippen molar-refractivity contribution in [3.8, 4) is 0 Å². The molecule has 2 rings (SSSR count). The maximum atomic E-state index is 9.65. The highest BCUT2D eigenvalue weighted by atomic mass is 32.2. The number of benzene rings is 2. The Bertz CT molecular complexity index is 420. The summed E-state index contributed by atoms with van der Waals surface area (Å²) in [6.45, 7) is 2.28. The number of rotatable bonds is 4. The molecule has 4 heteroatoms. The van der Waals surface area contributed by atoms with Gasteiger partial charge < -0.3 is 8.74 Å². The zero-order chi connectivity index (χ0) is 13.2. The van der Waals surface area contributed by atoms with E-state index in [9.17, 15) is 8.76 Å². The van der Waals surface area contributed by atoms with Crippen molar-refractivity contribution in [2.45, 2.75) is 19.8 Å². The molecule has 2 aromatic carbocycles. The summed E-state index contributed by atoms with van der Waals surface area (Å²) < 4.78 is 23.5. The molecule has 1 unspecified atom stereocenters. The second kappa shape index (κ2) is 8.80. The lowest BCUT2D eigenvalue weighted by Crippen LogP contribution is -1.96. The summed E-state index contributed by atoms with van der Waals surface area (Å²) in [5.41, 5.74) is 0. The highest BCUT2D eigenvalue weighted by Gasteiger charge is 1.85. The molecule has 0 N–H and O–H groups in total. The first-order chi connectivity index (χ1) is 8.74. The Kier molecular flexibility index (Phi) is 7.25. The van der Waals surface area contributed by atoms with Crippen LogP contribution in [0.25, 0.3) is 10.8 Å². The third-order valence-corrected chi connectivity index (χ3v) is 2.70. The standard InChI is InChI=1S/C10H8.C4H10O3S/c1-2-6-10-8-4-3-7-9(10)5-1;1-2-3-4-7-8(5)6/h1-8H;2-4H2,1H3,(H,5,6)/p-1. The van der Waals surface area contributed by atoms with Gasteiger partial charge in [0.05, 0.1) is 18.0 Å². The monoisotopic (exact) mass is 265 g/mol. The van der Waals surface area contributed by atoms with Gasteiger partial charge in [0.1, 0.15) is 0 Å². The highest BCUT2D eigenvalue weighted by molar-refractivity contribution is 7.74. The smallest absolute Gasteiger partial charge is 0.0842 e. The van der Waals surface area contributed by atoms with Crippen LogP contribution in [0.2, 0.25) is 0 Å². The van der Waals surface area contributed by atoms with Crippen LogP contribution in [0.1, 0.15) is 19.8 Å². The predicted molar refractivity (Wildman–Crippen MR) is 73.7 cm³/mol. The average Bonchev–Trinajstić information content (AvgIpc) is 2.40. The first-order valence-electron chi connectivity index (χ1n) is 5.90. The third kappa shape index (κ3) is 5.91. The van der Waals surface area contributed by atoms with Gasteiger partial charge in [0.2, 0.25) is 0 Å². The lowest BCUT2D eigenvalue weighted by Gasteiger charge is -2.02. The molecular weight excluding hydrogens is 248 g/mol. The fourth-order valence-corrected chi connectivity index (χ4v) is 1.66. The molecule has 18 heavy (non-hydrogen) atoms. The van der Waals surface area contributed by atoms with Crippen molar-refractivity contribution in [2.75, 3.05) is 6.61 Å². The molecule has 0 aromatic heterocycles. The van der Waals surface area contributed by atoms with Crippen molar-refractivity contribution in [3.63, 3.8) is 0 Å². The van der Waals surface area contributed by atoms with Gasteiger partial charge in [-0.3, -0.25) is 0 Å². The van der Waals surface area contributed by atoms with Crippen LogP contribution in [0.4, 0.5) is 0 Å². The van der Waals surface area contributed by atoms with Crippen LogP contribution in [0, 0.1) is 0 Å². The first-order valence-corrected chi connectivity index (χ1v) is 6.90. The Hall–Kier alpha value is -1.23. The number of fused-ring (bicyclic) bond motifs is 1. The Balaban J connectivity index is 0.000000187. The fraction of sp³-hybridized carbons (Fsp3) is 0.286. The molecule has 2 aromatic rings. The Morgan fingerprint density at radius 1 is 1.06 bits per heavy atom. The quantitative estimate of drug-likeness (QED) is 0.628. The van der Waals surface area contributed by atoms with E-state index in [1.54, 1.807) is 0 Å². The molecule has 0 saturated heterocycles. The maximum Gasteiger partial charge on any atom is 0.0842 e. The van der Waals surface area contributed by atoms with Gasteiger partial charge in [0, 0.05) is 0 Å². The van der Waals surface area contributed by atoms with Crippen LogP contribution in [0.5, 0.6) is 0 Å². The Labute approximate surface area is 110 Å². The van der Waals surface area contributed by atoms with Crippen molar-refractivity contribution in [1.82, 2.24) is 0 Å². The van der Waals surface area contributed by atoms with Gasteiger partial charge >= 0.3 is 0 Å². The van der Waals surface area contributed by atoms with Gasteiger partial charge in [-0.15, -0.1) is 0 Å². The molecule has 98 valence electrons. The minimum absolute atomic E-state index is 0.312. The normalized spacial score (nSPS) is 11.7. The van der Waals surface area contributed by atoms with Gasteiger partial charge in [0.15, 0.2) is 0 Å². The van der Waals surface area contributed by atoms with Crippen LogP contribution in [-0.4, -0.2) is 15.4 Å². The summed E-state index contributed by atoms with van der Waals surface area (Å²) in [6.07, 6.45) is 1.76. The molecule has 0 fully saturated rings. The van der Waals surface area contributed by atoms with E-state index < -0.39 is 11.4 Å². The molecule has 1 atom stereocenters. The van der Waals surface area contributed by atoms with E-state index in [-0.39, 0.29) is 0 Å². The van der Waals surface area contributed by atoms with E-state index in [2.05, 4.69) is 52.7 Å². The van der Waals surface area contributed by atoms with E-state index in [1.807, 2.05) is 6.92 Å². The van der Waals surface area contributed by atoms with Crippen molar-refractivity contribution in [2.24, 2.45) is 0 Å². The summed E-state index contributed by atoms with van der Waals surface area (Å²) in [4.78, 5) is 0. The topological polar surface area (TPSA) is 49.4 Å². The third-order valence-electron chi connectivity index (χ3n) is 2.34. The Morgan fingerprint density at radius 2 is 1.50 bits per heavy atom. The van der Waals surface area contributed by atoms with Gasteiger partial charge in [-0.1, -0.05) is 61.9 Å². The molecule has 0 aliphatic heterocycles. The second-order valence-electron chi connectivity index (χ2n) is 3.73. The fourth-order valence-electron chi connectivity index (χ4n) is 1.40. The summed E-state index contributed by atoms with van der Waals surface area (Å²) in [5, 5.41) is 2.62. The molecule has 0 heterocycles. The lowest BCUT2D eigenvalue weighted by molar-refractivity contribution is 0.294. The largest absolute Gasteiger partial charge is 0.750 e. The second-order valence-corrected chi connectivity index (χ2v) is 4.37. The van der Waals surface area contributed by atoms with Gasteiger partial charge in [0.25, 0.3) is 0 Å². The molecule has 0 aliphatic carbocycles. The van der Waals surface area contributed by atoms with Crippen molar-refractivity contribution in [1.29, 1.82) is 0 Å². The molecule has 0 radical (unpaired) electrons. The van der Waals surface area contributed by atoms with Crippen LogP contribution in [-0.2, 0) is 15.5 Å². The SMILES string of the molecule is CCCCOS(=O)[O-].c1ccc2ccccc2c1. The van der Waals surface area contributed by atoms with Gasteiger partial charge in [-0.2, -0.15) is 0 Å². The van der Waals surface area contributed by atoms with E-state index in [1.165, 1.54) is 10.8 Å². The number of hydrogen-bond acceptors (Lipinski definition) is 3. The van der Waals surface area contributed by atoms with E-state index in [4.69, 9.17) is 0 Å². The number of unbranched alkanes of at least 4 members (excludes halogenated alkanes) is 1. The average molecular weight is 265 g/mol. The predicted octanol–water partition coefficient (Wildman–Crippen LogP) is 3.44. The zero-order valence-corrected chi connectivity index (χ0v) is 11.2. The van der Waals surface area contributed by atoms with Crippen molar-refractivity contribution >= 4 is 22.1 Å². The minimum atomic E-state index is -2.32. The Morgan fingerprint density at radius 3 is 1.83 bits per heavy atom. The summed E-state index contributed by atoms with van der Waals surface area (Å²) >= 11 is -2.32. The van der Waals surface area contributed by atoms with E-state index in [0.29, 0.717) is 6.61 Å². The van der Waals surface area contributed by atoms with Gasteiger partial charge in [-0.25, -0.2) is 4.21 Å². The zero-order valence-electron chi connectivity index (χ0n) is 10.4. The van der Waals surface area contributed by atoms with E-state index in [0.717, 1.165) is 12.8 Å². The minimum Gasteiger partial charge on any atom is -0.750 e. The summed E-state index contributed by atoms with van der Waals surface area (Å²) in [7, 11) is 0. The van der Waals surface area contributed by atoms with Crippen LogP contribution in [0.3, 0.4) is 0 Å². The molecule has 0 aliphatic rings. The molecule has 0 bridgehead atoms. The molecule has 0 saturated carbocycles. The number of hydrogen-bond donors (Lipinski definition) is 0. The van der Waals surface area contributed by atoms with Gasteiger partial charge in [-0.05, 0) is 17.2 Å². The van der Waals surface area contributed by atoms with Crippen LogP contribution < -0.4 is 0 Å². The first kappa shape index (κ1) is 14.8. The summed E-state index contributed by atoms with van der Waals surface area (Å²) in [5.74, 6) is 0. The van der Waals surface area contributed by atoms with Crippen LogP contribution in [0.15, 0.2) is 48.5 Å². The van der Waals surface area contributed by atoms with E-state index >= 15 is 0 Å². The molecule has 3 nitrogen and oxygen atoms in total. The lowest BCUT2D eigenvalue weighted by atomic mass is 10.1. The van der Waals surface area contributed by atoms with Crippen molar-refractivity contribution < 1.29 is 12.9 Å². The maximum absolute atomic E-state index is 9.65. The molecule has 0 spiro atoms. The molecule has 0 amide bonds. The highest BCUT2D eigenvalue weighted by Crippen LogP contribution is 2.11.